The van der Waals surface area contributed by atoms with E-state index in [-0.39, 0.29) is 12.6 Å². The normalized spacial score (nSPS) is 18.0. The predicted octanol–water partition coefficient (Wildman–Crippen LogP) is 11.5. The Morgan fingerprint density at radius 2 is 1.30 bits per heavy atom. The molecule has 0 N–H and O–H groups in total. The van der Waals surface area contributed by atoms with Crippen LogP contribution in [-0.2, 0) is 0 Å². The van der Waals surface area contributed by atoms with Crippen molar-refractivity contribution in [1.29, 1.82) is 0 Å². The molecule has 4 nitrogen and oxygen atoms in total. The summed E-state index contributed by atoms with van der Waals surface area (Å²) in [5.41, 5.74) is 12.4. The van der Waals surface area contributed by atoms with Gasteiger partial charge in [0.15, 0.2) is 0 Å². The van der Waals surface area contributed by atoms with Gasteiger partial charge in [-0.25, -0.2) is 0 Å². The van der Waals surface area contributed by atoms with Crippen LogP contribution in [-0.4, -0.2) is 12.3 Å². The van der Waals surface area contributed by atoms with Gasteiger partial charge >= 0.3 is 0 Å². The van der Waals surface area contributed by atoms with Gasteiger partial charge < -0.3 is 19.3 Å². The number of anilines is 6. The van der Waals surface area contributed by atoms with Crippen LogP contribution >= 0.6 is 0 Å². The Morgan fingerprint density at radius 3 is 2.12 bits per heavy atom. The fraction of sp³-hybridized carbons (Fsp3) is 0.0769. The number of para-hydroxylation sites is 1. The fourth-order valence-electron chi connectivity index (χ4n) is 9.93. The van der Waals surface area contributed by atoms with Crippen molar-refractivity contribution in [3.63, 3.8) is 0 Å². The van der Waals surface area contributed by atoms with Crippen molar-refractivity contribution in [1.82, 2.24) is 0 Å². The molecule has 3 aliphatic heterocycles. The minimum Gasteiger partial charge on any atom is -0.482 e. The average molecular weight is 733 g/mol. The molecular weight excluding hydrogens is 695 g/mol. The summed E-state index contributed by atoms with van der Waals surface area (Å²) in [7, 11) is 0. The second-order valence-electron chi connectivity index (χ2n) is 15.9. The summed E-state index contributed by atoms with van der Waals surface area (Å²) in [5, 5.41) is 5.01. The van der Waals surface area contributed by atoms with Crippen LogP contribution in [0.2, 0.25) is 0 Å². The molecule has 2 unspecified atom stereocenters. The van der Waals surface area contributed by atoms with Crippen molar-refractivity contribution < 1.29 is 9.47 Å². The smallest absolute Gasteiger partial charge is 0.257 e. The largest absolute Gasteiger partial charge is 0.482 e. The molecule has 8 aromatic rings. The number of fused-ring (bicyclic) bond motifs is 12. The van der Waals surface area contributed by atoms with E-state index in [1.54, 1.807) is 0 Å². The summed E-state index contributed by atoms with van der Waals surface area (Å²) in [6.07, 6.45) is 8.66. The Morgan fingerprint density at radius 1 is 0.596 bits per heavy atom. The summed E-state index contributed by atoms with van der Waals surface area (Å²) < 4.78 is 13.6. The van der Waals surface area contributed by atoms with Gasteiger partial charge in [-0.05, 0) is 113 Å². The molecule has 270 valence electrons. The van der Waals surface area contributed by atoms with Crippen LogP contribution in [0.1, 0.15) is 24.0 Å². The number of nitrogens with zero attached hydrogens (tertiary/aromatic N) is 2. The Kier molecular flexibility index (Phi) is 6.80. The molecule has 57 heavy (non-hydrogen) atoms. The molecule has 5 heteroatoms. The van der Waals surface area contributed by atoms with Gasteiger partial charge in [0.25, 0.3) is 6.71 Å². The number of hydrogen-bond donors (Lipinski definition) is 0. The number of benzene rings is 8. The average Bonchev–Trinajstić information content (AvgIpc) is 3.56. The van der Waals surface area contributed by atoms with Gasteiger partial charge in [0, 0.05) is 57.1 Å². The molecule has 2 atom stereocenters. The second kappa shape index (κ2) is 12.0. The van der Waals surface area contributed by atoms with Crippen molar-refractivity contribution in [3.8, 4) is 17.2 Å². The highest BCUT2D eigenvalue weighted by Gasteiger charge is 2.45. The van der Waals surface area contributed by atoms with E-state index < -0.39 is 5.60 Å². The van der Waals surface area contributed by atoms with E-state index in [0.29, 0.717) is 0 Å². The van der Waals surface area contributed by atoms with Crippen LogP contribution in [0.25, 0.3) is 21.5 Å². The maximum atomic E-state index is 7.07. The molecule has 8 aromatic carbocycles. The van der Waals surface area contributed by atoms with Crippen molar-refractivity contribution in [3.05, 3.63) is 193 Å². The molecule has 0 aromatic heterocycles. The van der Waals surface area contributed by atoms with Gasteiger partial charge in [-0.15, -0.1) is 0 Å². The van der Waals surface area contributed by atoms with E-state index in [1.165, 1.54) is 49.3 Å². The summed E-state index contributed by atoms with van der Waals surface area (Å²) in [5.74, 6) is 2.84. The Hall–Kier alpha value is -6.98. The number of hydrogen-bond acceptors (Lipinski definition) is 4. The van der Waals surface area contributed by atoms with Gasteiger partial charge in [-0.1, -0.05) is 115 Å². The van der Waals surface area contributed by atoms with Crippen LogP contribution in [0.15, 0.2) is 182 Å². The first-order valence-electron chi connectivity index (χ1n) is 19.8. The molecule has 0 radical (unpaired) electrons. The zero-order chi connectivity index (χ0) is 37.8. The summed E-state index contributed by atoms with van der Waals surface area (Å²) in [6.45, 7) is 4.26. The van der Waals surface area contributed by atoms with Gasteiger partial charge in [0.2, 0.25) is 0 Å². The highest BCUT2D eigenvalue weighted by Crippen LogP contribution is 2.51. The zero-order valence-corrected chi connectivity index (χ0v) is 31.7. The van der Waals surface area contributed by atoms with Gasteiger partial charge in [-0.2, -0.15) is 0 Å². The van der Waals surface area contributed by atoms with Crippen molar-refractivity contribution in [2.75, 3.05) is 9.80 Å². The van der Waals surface area contributed by atoms with E-state index >= 15 is 0 Å². The van der Waals surface area contributed by atoms with Crippen molar-refractivity contribution in [2.24, 2.45) is 0 Å². The lowest BCUT2D eigenvalue weighted by molar-refractivity contribution is 0.155. The lowest BCUT2D eigenvalue weighted by Crippen LogP contribution is -2.59. The first kappa shape index (κ1) is 32.3. The highest BCUT2D eigenvalue weighted by molar-refractivity contribution is 7.01. The second-order valence-corrected chi connectivity index (χ2v) is 15.9. The first-order chi connectivity index (χ1) is 28.0. The SMILES string of the molecule is Cc1ccc(N(c2ccc3c(c2)Oc2cccc4c2B3c2c(c3ccccc3c3ccccc23)N4c2ccccc2)c2ccc3c(c2)C2C=CC=CC2(C)O3)cc1. The zero-order valence-electron chi connectivity index (χ0n) is 31.7. The molecule has 0 saturated heterocycles. The maximum absolute atomic E-state index is 7.07. The lowest BCUT2D eigenvalue weighted by atomic mass is 9.33. The summed E-state index contributed by atoms with van der Waals surface area (Å²) in [6, 6.07) is 57.4. The van der Waals surface area contributed by atoms with Crippen molar-refractivity contribution in [2.45, 2.75) is 25.4 Å². The van der Waals surface area contributed by atoms with Gasteiger partial charge in [0.1, 0.15) is 22.8 Å². The first-order valence-corrected chi connectivity index (χ1v) is 19.8. The summed E-state index contributed by atoms with van der Waals surface area (Å²) in [4.78, 5) is 4.81. The lowest BCUT2D eigenvalue weighted by Gasteiger charge is -2.41. The van der Waals surface area contributed by atoms with Gasteiger partial charge in [0.05, 0.1) is 0 Å². The van der Waals surface area contributed by atoms with Gasteiger partial charge in [-0.3, -0.25) is 0 Å². The third kappa shape index (κ3) is 4.69. The van der Waals surface area contributed by atoms with E-state index in [2.05, 4.69) is 206 Å². The number of aryl methyl sites for hydroxylation is 1. The predicted molar refractivity (Wildman–Crippen MR) is 237 cm³/mol. The van der Waals surface area contributed by atoms with Crippen LogP contribution in [0, 0.1) is 6.92 Å². The molecule has 0 amide bonds. The monoisotopic (exact) mass is 732 g/mol. The Labute approximate surface area is 332 Å². The molecule has 4 aliphatic rings. The quantitative estimate of drug-likeness (QED) is 0.133. The third-order valence-electron chi connectivity index (χ3n) is 12.5. The molecule has 0 fully saturated rings. The number of rotatable bonds is 4. The molecule has 0 spiro atoms. The summed E-state index contributed by atoms with van der Waals surface area (Å²) >= 11 is 0. The molecular formula is C52H37BN2O2. The fourth-order valence-corrected chi connectivity index (χ4v) is 9.93. The van der Waals surface area contributed by atoms with Crippen LogP contribution < -0.4 is 35.7 Å². The van der Waals surface area contributed by atoms with Crippen LogP contribution in [0.4, 0.5) is 34.1 Å². The highest BCUT2D eigenvalue weighted by atomic mass is 16.5. The molecule has 1 aliphatic carbocycles. The number of allylic oxidation sites excluding steroid dienone is 2. The van der Waals surface area contributed by atoms with E-state index in [1.807, 2.05) is 0 Å². The van der Waals surface area contributed by atoms with E-state index in [0.717, 1.165) is 51.1 Å². The standard InChI is InChI=1S/C52H37BN2O2/c1-33-22-24-35(25-23-33)54(36-27-29-46-42(31-36)43-19-10-11-30-52(43,2)57-46)37-26-28-44-48(32-37)56-47-21-12-20-45-50(47)53(44)49-40-17-8-6-15-38(40)39-16-7-9-18-41(39)51(49)55(45)34-13-4-3-5-14-34/h3-32,43H,1-2H3. The van der Waals surface area contributed by atoms with Crippen LogP contribution in [0.3, 0.4) is 0 Å². The molecule has 0 saturated carbocycles. The van der Waals surface area contributed by atoms with Crippen LogP contribution in [0.5, 0.6) is 17.2 Å². The molecule has 12 rings (SSSR count). The molecule has 3 heterocycles. The van der Waals surface area contributed by atoms with E-state index in [9.17, 15) is 0 Å². The minimum atomic E-state index is -0.391. The minimum absolute atomic E-state index is 0.0488. The van der Waals surface area contributed by atoms with E-state index in [4.69, 9.17) is 9.47 Å². The Balaban J connectivity index is 1.08. The Bertz CT molecular complexity index is 3030. The topological polar surface area (TPSA) is 24.9 Å². The molecule has 0 bridgehead atoms. The van der Waals surface area contributed by atoms with Crippen molar-refractivity contribution >= 4 is 78.8 Å². The number of ether oxygens (including phenoxy) is 2. The third-order valence-corrected chi connectivity index (χ3v) is 12.5. The maximum Gasteiger partial charge on any atom is 0.257 e.